The van der Waals surface area contributed by atoms with Crippen LogP contribution in [0.15, 0.2) is 24.3 Å². The minimum absolute atomic E-state index is 0.0802. The SMILES string of the molecule is COc1ccc(CN2CCC(=O)C(F)(F)C2)cc1. The van der Waals surface area contributed by atoms with Gasteiger partial charge < -0.3 is 4.74 Å². The van der Waals surface area contributed by atoms with E-state index in [9.17, 15) is 13.6 Å². The predicted octanol–water partition coefficient (Wildman–Crippen LogP) is 2.11. The maximum Gasteiger partial charge on any atom is 0.317 e. The third-order valence-electron chi connectivity index (χ3n) is 3.05. The highest BCUT2D eigenvalue weighted by Gasteiger charge is 2.43. The summed E-state index contributed by atoms with van der Waals surface area (Å²) in [4.78, 5) is 12.6. The van der Waals surface area contributed by atoms with Gasteiger partial charge in [-0.3, -0.25) is 9.69 Å². The lowest BCUT2D eigenvalue weighted by Gasteiger charge is -2.31. The number of halogens is 2. The fourth-order valence-electron chi connectivity index (χ4n) is 2.01. The second-order valence-corrected chi connectivity index (χ2v) is 4.44. The van der Waals surface area contributed by atoms with E-state index in [-0.39, 0.29) is 6.42 Å². The van der Waals surface area contributed by atoms with E-state index in [1.54, 1.807) is 24.1 Å². The van der Waals surface area contributed by atoms with E-state index in [1.807, 2.05) is 12.1 Å². The minimum Gasteiger partial charge on any atom is -0.497 e. The van der Waals surface area contributed by atoms with Crippen LogP contribution in [0.4, 0.5) is 8.78 Å². The molecule has 1 aromatic carbocycles. The summed E-state index contributed by atoms with van der Waals surface area (Å²) in [6.07, 6.45) is -0.0802. The first-order valence-electron chi connectivity index (χ1n) is 5.78. The normalized spacial score (nSPS) is 19.8. The molecule has 0 aromatic heterocycles. The maximum atomic E-state index is 13.3. The fraction of sp³-hybridized carbons (Fsp3) is 0.462. The van der Waals surface area contributed by atoms with Crippen LogP contribution in [0.1, 0.15) is 12.0 Å². The zero-order chi connectivity index (χ0) is 13.2. The summed E-state index contributed by atoms with van der Waals surface area (Å²) in [6, 6.07) is 7.27. The Morgan fingerprint density at radius 3 is 2.56 bits per heavy atom. The Hall–Kier alpha value is -1.49. The zero-order valence-electron chi connectivity index (χ0n) is 10.2. The number of alkyl halides is 2. The highest BCUT2D eigenvalue weighted by atomic mass is 19.3. The van der Waals surface area contributed by atoms with Crippen molar-refractivity contribution in [2.75, 3.05) is 20.2 Å². The van der Waals surface area contributed by atoms with Gasteiger partial charge >= 0.3 is 5.92 Å². The van der Waals surface area contributed by atoms with Crippen LogP contribution >= 0.6 is 0 Å². The number of ether oxygens (including phenoxy) is 1. The molecule has 1 saturated heterocycles. The molecule has 0 N–H and O–H groups in total. The molecule has 3 nitrogen and oxygen atoms in total. The Kier molecular flexibility index (Phi) is 3.61. The largest absolute Gasteiger partial charge is 0.497 e. The molecule has 5 heteroatoms. The number of nitrogens with zero attached hydrogens (tertiary/aromatic N) is 1. The molecule has 0 bridgehead atoms. The molecule has 0 amide bonds. The molecule has 1 aliphatic heterocycles. The molecule has 0 radical (unpaired) electrons. The van der Waals surface area contributed by atoms with Crippen molar-refractivity contribution in [1.29, 1.82) is 0 Å². The van der Waals surface area contributed by atoms with Crippen molar-refractivity contribution in [2.45, 2.75) is 18.9 Å². The first-order valence-corrected chi connectivity index (χ1v) is 5.78. The first-order chi connectivity index (χ1) is 8.51. The van der Waals surface area contributed by atoms with E-state index >= 15 is 0 Å². The van der Waals surface area contributed by atoms with Gasteiger partial charge in [-0.05, 0) is 17.7 Å². The summed E-state index contributed by atoms with van der Waals surface area (Å²) < 4.78 is 31.5. The predicted molar refractivity (Wildman–Crippen MR) is 62.8 cm³/mol. The number of Topliss-reactive ketones (excluding diaryl/α,β-unsaturated/α-hetero) is 1. The van der Waals surface area contributed by atoms with Crippen LogP contribution in [-0.2, 0) is 11.3 Å². The molecule has 98 valence electrons. The molecule has 2 rings (SSSR count). The molecule has 1 heterocycles. The molecular weight excluding hydrogens is 240 g/mol. The summed E-state index contributed by atoms with van der Waals surface area (Å²) in [5, 5.41) is 0. The third kappa shape index (κ3) is 2.85. The van der Waals surface area contributed by atoms with Crippen LogP contribution in [0.25, 0.3) is 0 Å². The van der Waals surface area contributed by atoms with Crippen molar-refractivity contribution in [3.05, 3.63) is 29.8 Å². The number of likely N-dealkylation sites (tertiary alicyclic amines) is 1. The molecule has 0 aliphatic carbocycles. The summed E-state index contributed by atoms with van der Waals surface area (Å²) in [7, 11) is 1.58. The van der Waals surface area contributed by atoms with Crippen molar-refractivity contribution in [3.63, 3.8) is 0 Å². The molecule has 0 unspecified atom stereocenters. The van der Waals surface area contributed by atoms with Gasteiger partial charge in [0.2, 0.25) is 5.78 Å². The number of benzene rings is 1. The van der Waals surface area contributed by atoms with Crippen LogP contribution in [0, 0.1) is 0 Å². The number of hydrogen-bond donors (Lipinski definition) is 0. The van der Waals surface area contributed by atoms with E-state index < -0.39 is 18.3 Å². The number of piperidine rings is 1. The van der Waals surface area contributed by atoms with Gasteiger partial charge in [0, 0.05) is 19.5 Å². The van der Waals surface area contributed by atoms with Gasteiger partial charge in [0.15, 0.2) is 0 Å². The van der Waals surface area contributed by atoms with E-state index in [0.717, 1.165) is 11.3 Å². The number of rotatable bonds is 3. The number of ketones is 1. The molecule has 1 fully saturated rings. The Morgan fingerprint density at radius 1 is 1.33 bits per heavy atom. The van der Waals surface area contributed by atoms with Crippen molar-refractivity contribution < 1.29 is 18.3 Å². The number of hydrogen-bond acceptors (Lipinski definition) is 3. The Bertz CT molecular complexity index is 431. The topological polar surface area (TPSA) is 29.5 Å². The molecule has 1 aliphatic rings. The molecule has 0 saturated carbocycles. The highest BCUT2D eigenvalue weighted by molar-refractivity contribution is 5.86. The van der Waals surface area contributed by atoms with E-state index in [2.05, 4.69) is 0 Å². The van der Waals surface area contributed by atoms with E-state index in [4.69, 9.17) is 4.74 Å². The van der Waals surface area contributed by atoms with Crippen LogP contribution in [0.3, 0.4) is 0 Å². The van der Waals surface area contributed by atoms with E-state index in [1.165, 1.54) is 0 Å². The first kappa shape index (κ1) is 13.0. The number of methoxy groups -OCH3 is 1. The molecule has 0 atom stereocenters. The van der Waals surface area contributed by atoms with Crippen molar-refractivity contribution >= 4 is 5.78 Å². The quantitative estimate of drug-likeness (QED) is 0.828. The Morgan fingerprint density at radius 2 is 2.00 bits per heavy atom. The minimum atomic E-state index is -3.20. The second-order valence-electron chi connectivity index (χ2n) is 4.44. The van der Waals surface area contributed by atoms with Gasteiger partial charge in [-0.25, -0.2) is 0 Å². The average Bonchev–Trinajstić information content (AvgIpc) is 2.34. The molecule has 0 spiro atoms. The summed E-state index contributed by atoms with van der Waals surface area (Å²) in [6.45, 7) is 0.325. The van der Waals surface area contributed by atoms with Crippen molar-refractivity contribution in [1.82, 2.24) is 4.90 Å². The van der Waals surface area contributed by atoms with Crippen molar-refractivity contribution in [2.24, 2.45) is 0 Å². The lowest BCUT2D eigenvalue weighted by molar-refractivity contribution is -0.151. The fourth-order valence-corrected chi connectivity index (χ4v) is 2.01. The Labute approximate surface area is 104 Å². The number of carbonyl (C=O) groups excluding carboxylic acids is 1. The lowest BCUT2D eigenvalue weighted by atomic mass is 10.0. The summed E-state index contributed by atoms with van der Waals surface area (Å²) in [5.41, 5.74) is 0.931. The van der Waals surface area contributed by atoms with Gasteiger partial charge in [-0.2, -0.15) is 8.78 Å². The van der Waals surface area contributed by atoms with Gasteiger partial charge in [-0.1, -0.05) is 12.1 Å². The van der Waals surface area contributed by atoms with Crippen LogP contribution < -0.4 is 4.74 Å². The van der Waals surface area contributed by atoms with Gasteiger partial charge in [0.1, 0.15) is 5.75 Å². The average molecular weight is 255 g/mol. The molecular formula is C13H15F2NO2. The van der Waals surface area contributed by atoms with Crippen molar-refractivity contribution in [3.8, 4) is 5.75 Å². The van der Waals surface area contributed by atoms with Crippen LogP contribution in [-0.4, -0.2) is 36.8 Å². The van der Waals surface area contributed by atoms with Gasteiger partial charge in [0.05, 0.1) is 13.7 Å². The van der Waals surface area contributed by atoms with Crippen LogP contribution in [0.5, 0.6) is 5.75 Å². The van der Waals surface area contributed by atoms with Gasteiger partial charge in [-0.15, -0.1) is 0 Å². The standard InChI is InChI=1S/C13H15F2NO2/c1-18-11-4-2-10(3-5-11)8-16-7-6-12(17)13(14,15)9-16/h2-5H,6-9H2,1H3. The van der Waals surface area contributed by atoms with Gasteiger partial charge in [0.25, 0.3) is 0 Å². The third-order valence-corrected chi connectivity index (χ3v) is 3.05. The van der Waals surface area contributed by atoms with Crippen LogP contribution in [0.2, 0.25) is 0 Å². The second kappa shape index (κ2) is 5.02. The summed E-state index contributed by atoms with van der Waals surface area (Å²) >= 11 is 0. The Balaban J connectivity index is 1.99. The lowest BCUT2D eigenvalue weighted by Crippen LogP contribution is -2.48. The zero-order valence-corrected chi connectivity index (χ0v) is 10.2. The molecule has 1 aromatic rings. The monoisotopic (exact) mass is 255 g/mol. The maximum absolute atomic E-state index is 13.3. The van der Waals surface area contributed by atoms with E-state index in [0.29, 0.717) is 13.1 Å². The smallest absolute Gasteiger partial charge is 0.317 e. The number of carbonyl (C=O) groups is 1. The summed E-state index contributed by atoms with van der Waals surface area (Å²) in [5.74, 6) is -3.42. The molecule has 18 heavy (non-hydrogen) atoms. The highest BCUT2D eigenvalue weighted by Crippen LogP contribution is 2.24.